The van der Waals surface area contributed by atoms with Crippen LogP contribution in [0.2, 0.25) is 0 Å². The van der Waals surface area contributed by atoms with Gasteiger partial charge in [-0.25, -0.2) is 9.78 Å². The maximum absolute atomic E-state index is 12.2. The molecule has 6 nitrogen and oxygen atoms in total. The van der Waals surface area contributed by atoms with E-state index >= 15 is 0 Å². The van der Waals surface area contributed by atoms with Crippen molar-refractivity contribution < 1.29 is 9.59 Å². The molecule has 7 heteroatoms. The number of benzene rings is 1. The molecule has 1 aliphatic rings. The van der Waals surface area contributed by atoms with Gasteiger partial charge in [0.15, 0.2) is 5.16 Å². The zero-order valence-corrected chi connectivity index (χ0v) is 16.4. The summed E-state index contributed by atoms with van der Waals surface area (Å²) in [6.07, 6.45) is 4.48. The molecule has 1 aliphatic heterocycles. The number of aryl methyl sites for hydroxylation is 1. The highest BCUT2D eigenvalue weighted by Crippen LogP contribution is 2.25. The molecule has 1 fully saturated rings. The van der Waals surface area contributed by atoms with Gasteiger partial charge in [0.05, 0.1) is 5.69 Å². The second kappa shape index (κ2) is 7.15. The Morgan fingerprint density at radius 2 is 2.00 bits per heavy atom. The molecule has 3 amide bonds. The van der Waals surface area contributed by atoms with E-state index in [0.717, 1.165) is 23.0 Å². The third-order valence-electron chi connectivity index (χ3n) is 4.64. The van der Waals surface area contributed by atoms with Crippen LogP contribution in [0.3, 0.4) is 0 Å². The molecular formula is C19H24N4O2S. The van der Waals surface area contributed by atoms with Crippen LogP contribution in [0.5, 0.6) is 0 Å². The summed E-state index contributed by atoms with van der Waals surface area (Å²) >= 11 is 1.63. The molecule has 0 unspecified atom stereocenters. The van der Waals surface area contributed by atoms with E-state index in [1.165, 1.54) is 16.0 Å². The standard InChI is InChI=1S/C19H24N4O2S/c1-13-7-5-8-15(14(13)2)22-11-9-20-18(22)26-12-6-10-23-16(24)19(3,4)21-17(23)25/h5,7-9,11H,6,10,12H2,1-4H3,(H,21,25). The number of thioether (sulfide) groups is 1. The van der Waals surface area contributed by atoms with Gasteiger partial charge in [0.2, 0.25) is 0 Å². The monoisotopic (exact) mass is 372 g/mol. The summed E-state index contributed by atoms with van der Waals surface area (Å²) in [5.74, 6) is 0.615. The molecule has 0 aliphatic carbocycles. The smallest absolute Gasteiger partial charge is 0.324 e. The fourth-order valence-corrected chi connectivity index (χ4v) is 3.87. The Labute approximate surface area is 158 Å². The minimum Gasteiger partial charge on any atom is -0.324 e. The van der Waals surface area contributed by atoms with Crippen molar-refractivity contribution in [1.82, 2.24) is 19.8 Å². The van der Waals surface area contributed by atoms with Crippen LogP contribution < -0.4 is 5.32 Å². The third-order valence-corrected chi connectivity index (χ3v) is 5.70. The Morgan fingerprint density at radius 1 is 1.23 bits per heavy atom. The van der Waals surface area contributed by atoms with Crippen LogP contribution in [-0.2, 0) is 4.79 Å². The molecular weight excluding hydrogens is 348 g/mol. The van der Waals surface area contributed by atoms with Crippen LogP contribution in [0.1, 0.15) is 31.4 Å². The van der Waals surface area contributed by atoms with E-state index in [-0.39, 0.29) is 11.9 Å². The summed E-state index contributed by atoms with van der Waals surface area (Å²) in [6, 6.07) is 5.93. The maximum Gasteiger partial charge on any atom is 0.325 e. The van der Waals surface area contributed by atoms with Crippen LogP contribution >= 0.6 is 11.8 Å². The first-order valence-corrected chi connectivity index (χ1v) is 9.66. The Kier molecular flexibility index (Phi) is 5.09. The first-order valence-electron chi connectivity index (χ1n) is 8.68. The molecule has 0 atom stereocenters. The summed E-state index contributed by atoms with van der Waals surface area (Å²) in [5.41, 5.74) is 2.80. The third kappa shape index (κ3) is 3.49. The zero-order valence-electron chi connectivity index (χ0n) is 15.6. The van der Waals surface area contributed by atoms with Gasteiger partial charge >= 0.3 is 6.03 Å². The lowest BCUT2D eigenvalue weighted by molar-refractivity contribution is -0.130. The van der Waals surface area contributed by atoms with Crippen molar-refractivity contribution in [3.63, 3.8) is 0 Å². The molecule has 0 spiro atoms. The summed E-state index contributed by atoms with van der Waals surface area (Å²) in [6.45, 7) is 8.08. The molecule has 26 heavy (non-hydrogen) atoms. The number of nitrogens with zero attached hydrogens (tertiary/aromatic N) is 3. The lowest BCUT2D eigenvalue weighted by Gasteiger charge is -2.16. The first kappa shape index (κ1) is 18.5. The SMILES string of the molecule is Cc1cccc(-n2ccnc2SCCCN2C(=O)NC(C)(C)C2=O)c1C. The van der Waals surface area contributed by atoms with Gasteiger partial charge in [0.25, 0.3) is 5.91 Å². The van der Waals surface area contributed by atoms with Crippen molar-refractivity contribution >= 4 is 23.7 Å². The fraction of sp³-hybridized carbons (Fsp3) is 0.421. The first-order chi connectivity index (χ1) is 12.3. The minimum absolute atomic E-state index is 0.163. The van der Waals surface area contributed by atoms with Crippen LogP contribution in [0, 0.1) is 13.8 Å². The predicted molar refractivity (Wildman–Crippen MR) is 103 cm³/mol. The number of rotatable bonds is 6. The predicted octanol–water partition coefficient (Wildman–Crippen LogP) is 3.30. The summed E-state index contributed by atoms with van der Waals surface area (Å²) in [4.78, 5) is 29.8. The van der Waals surface area contributed by atoms with Crippen molar-refractivity contribution in [2.24, 2.45) is 0 Å². The van der Waals surface area contributed by atoms with Crippen molar-refractivity contribution in [1.29, 1.82) is 0 Å². The molecule has 0 bridgehead atoms. The number of hydrogen-bond donors (Lipinski definition) is 1. The van der Waals surface area contributed by atoms with E-state index in [0.29, 0.717) is 6.54 Å². The summed E-state index contributed by atoms with van der Waals surface area (Å²) < 4.78 is 2.09. The number of carbonyl (C=O) groups excluding carboxylic acids is 2. The molecule has 3 rings (SSSR count). The maximum atomic E-state index is 12.2. The Hall–Kier alpha value is -2.28. The van der Waals surface area contributed by atoms with E-state index < -0.39 is 5.54 Å². The number of aromatic nitrogens is 2. The highest BCUT2D eigenvalue weighted by atomic mass is 32.2. The molecule has 2 heterocycles. The van der Waals surface area contributed by atoms with Gasteiger partial charge in [-0.15, -0.1) is 0 Å². The van der Waals surface area contributed by atoms with Gasteiger partial charge in [-0.1, -0.05) is 23.9 Å². The van der Waals surface area contributed by atoms with Gasteiger partial charge < -0.3 is 5.32 Å². The minimum atomic E-state index is -0.802. The molecule has 0 radical (unpaired) electrons. The lowest BCUT2D eigenvalue weighted by atomic mass is 10.1. The van der Waals surface area contributed by atoms with Crippen molar-refractivity contribution in [2.45, 2.75) is 44.8 Å². The highest BCUT2D eigenvalue weighted by Gasteiger charge is 2.43. The van der Waals surface area contributed by atoms with Gasteiger partial charge in [0.1, 0.15) is 5.54 Å². The van der Waals surface area contributed by atoms with Crippen LogP contribution in [-0.4, -0.2) is 44.2 Å². The normalized spacial score (nSPS) is 16.2. The van der Waals surface area contributed by atoms with E-state index in [1.54, 1.807) is 31.8 Å². The Morgan fingerprint density at radius 3 is 2.69 bits per heavy atom. The topological polar surface area (TPSA) is 67.2 Å². The van der Waals surface area contributed by atoms with Gasteiger partial charge in [-0.2, -0.15) is 0 Å². The lowest BCUT2D eigenvalue weighted by Crippen LogP contribution is -2.40. The van der Waals surface area contributed by atoms with Gasteiger partial charge in [-0.3, -0.25) is 14.3 Å². The van der Waals surface area contributed by atoms with Crippen LogP contribution in [0.4, 0.5) is 4.79 Å². The summed E-state index contributed by atoms with van der Waals surface area (Å²) in [7, 11) is 0. The molecule has 1 aromatic heterocycles. The Balaban J connectivity index is 1.61. The Bertz CT molecular complexity index is 844. The largest absolute Gasteiger partial charge is 0.325 e. The van der Waals surface area contributed by atoms with Crippen molar-refractivity contribution in [2.75, 3.05) is 12.3 Å². The molecule has 1 aromatic carbocycles. The van der Waals surface area contributed by atoms with E-state index in [2.05, 4.69) is 40.8 Å². The number of amides is 3. The van der Waals surface area contributed by atoms with Crippen LogP contribution in [0.15, 0.2) is 35.7 Å². The van der Waals surface area contributed by atoms with Crippen LogP contribution in [0.25, 0.3) is 5.69 Å². The van der Waals surface area contributed by atoms with E-state index in [4.69, 9.17) is 0 Å². The second-order valence-corrected chi connectivity index (χ2v) is 8.07. The number of nitrogens with one attached hydrogen (secondary N) is 1. The second-order valence-electron chi connectivity index (χ2n) is 7.01. The average Bonchev–Trinajstić information content (AvgIpc) is 3.11. The number of imide groups is 1. The zero-order chi connectivity index (χ0) is 18.9. The molecule has 1 N–H and O–H groups in total. The molecule has 2 aromatic rings. The quantitative estimate of drug-likeness (QED) is 0.480. The van der Waals surface area contributed by atoms with Gasteiger partial charge in [-0.05, 0) is 51.3 Å². The molecule has 0 saturated carbocycles. The van der Waals surface area contributed by atoms with Gasteiger partial charge in [0, 0.05) is 24.7 Å². The number of urea groups is 1. The van der Waals surface area contributed by atoms with Crippen molar-refractivity contribution in [3.8, 4) is 5.69 Å². The average molecular weight is 372 g/mol. The fourth-order valence-electron chi connectivity index (χ4n) is 2.98. The highest BCUT2D eigenvalue weighted by molar-refractivity contribution is 7.99. The van der Waals surface area contributed by atoms with E-state index in [9.17, 15) is 9.59 Å². The molecule has 138 valence electrons. The number of hydrogen-bond acceptors (Lipinski definition) is 4. The van der Waals surface area contributed by atoms with E-state index in [1.807, 2.05) is 12.3 Å². The van der Waals surface area contributed by atoms with Crippen molar-refractivity contribution in [3.05, 3.63) is 41.7 Å². The molecule has 1 saturated heterocycles. The summed E-state index contributed by atoms with van der Waals surface area (Å²) in [5, 5.41) is 3.62. The number of carbonyl (C=O) groups is 2. The number of imidazole rings is 1.